The maximum atomic E-state index is 12.8. The van der Waals surface area contributed by atoms with Crippen molar-refractivity contribution >= 4 is 15.9 Å². The molecule has 0 unspecified atom stereocenters. The lowest BCUT2D eigenvalue weighted by Crippen LogP contribution is -2.50. The van der Waals surface area contributed by atoms with Crippen molar-refractivity contribution in [2.24, 2.45) is 0 Å². The molecule has 0 bridgehead atoms. The summed E-state index contributed by atoms with van der Waals surface area (Å²) < 4.78 is 32.2. The Labute approximate surface area is 178 Å². The molecule has 0 radical (unpaired) electrons. The molecule has 1 aliphatic rings. The second kappa shape index (κ2) is 10.1. The smallest absolute Gasteiger partial charge is 0.243 e. The third kappa shape index (κ3) is 5.81. The number of carbonyl (C=O) groups is 1. The van der Waals surface area contributed by atoms with Crippen LogP contribution in [0.4, 0.5) is 0 Å². The molecule has 30 heavy (non-hydrogen) atoms. The lowest BCUT2D eigenvalue weighted by atomic mass is 10.1. The number of amides is 1. The van der Waals surface area contributed by atoms with E-state index in [1.165, 1.54) is 4.31 Å². The van der Waals surface area contributed by atoms with Gasteiger partial charge in [0.25, 0.3) is 0 Å². The molecule has 3 rings (SSSR count). The third-order valence-electron chi connectivity index (χ3n) is 5.23. The Morgan fingerprint density at radius 2 is 1.77 bits per heavy atom. The Bertz CT molecular complexity index is 953. The highest BCUT2D eigenvalue weighted by Gasteiger charge is 2.28. The van der Waals surface area contributed by atoms with E-state index in [1.54, 1.807) is 31.4 Å². The van der Waals surface area contributed by atoms with Gasteiger partial charge in [0.05, 0.1) is 18.4 Å². The molecule has 0 saturated carbocycles. The van der Waals surface area contributed by atoms with Crippen LogP contribution in [-0.2, 0) is 21.2 Å². The fourth-order valence-electron chi connectivity index (χ4n) is 3.51. The summed E-state index contributed by atoms with van der Waals surface area (Å²) in [6.07, 6.45) is 0.371. The first-order valence-corrected chi connectivity index (χ1v) is 11.5. The van der Waals surface area contributed by atoms with Crippen LogP contribution in [0.1, 0.15) is 11.1 Å². The zero-order valence-electron chi connectivity index (χ0n) is 17.5. The number of sulfonamides is 1. The van der Waals surface area contributed by atoms with Gasteiger partial charge in [-0.3, -0.25) is 9.69 Å². The summed E-state index contributed by atoms with van der Waals surface area (Å²) in [7, 11) is -1.95. The largest absolute Gasteiger partial charge is 0.497 e. The molecule has 1 saturated heterocycles. The van der Waals surface area contributed by atoms with Crippen LogP contribution >= 0.6 is 0 Å². The van der Waals surface area contributed by atoms with Gasteiger partial charge >= 0.3 is 0 Å². The number of benzene rings is 2. The Hall–Kier alpha value is -2.42. The van der Waals surface area contributed by atoms with E-state index in [9.17, 15) is 13.2 Å². The van der Waals surface area contributed by atoms with Crippen molar-refractivity contribution in [2.75, 3.05) is 46.4 Å². The number of rotatable bonds is 8. The minimum atomic E-state index is -3.50. The lowest BCUT2D eigenvalue weighted by Gasteiger charge is -2.34. The summed E-state index contributed by atoms with van der Waals surface area (Å²) in [5, 5.41) is 2.95. The van der Waals surface area contributed by atoms with E-state index in [0.717, 1.165) is 11.1 Å². The highest BCUT2D eigenvalue weighted by molar-refractivity contribution is 7.89. The monoisotopic (exact) mass is 431 g/mol. The molecule has 0 spiro atoms. The van der Waals surface area contributed by atoms with Crippen LogP contribution in [0, 0.1) is 6.92 Å². The van der Waals surface area contributed by atoms with Crippen LogP contribution in [0.2, 0.25) is 0 Å². The van der Waals surface area contributed by atoms with Crippen LogP contribution < -0.4 is 10.1 Å². The molecule has 0 aromatic heterocycles. The molecule has 1 N–H and O–H groups in total. The van der Waals surface area contributed by atoms with E-state index in [4.69, 9.17) is 4.74 Å². The molecule has 7 nitrogen and oxygen atoms in total. The number of carbonyl (C=O) groups excluding carboxylic acids is 1. The zero-order chi connectivity index (χ0) is 21.6. The SMILES string of the molecule is COc1ccc(S(=O)(=O)N2CCN(CCNC(=O)Cc3cccc(C)c3)CC2)cc1. The quantitative estimate of drug-likeness (QED) is 0.688. The molecule has 1 aliphatic heterocycles. The van der Waals surface area contributed by atoms with Crippen LogP contribution in [0.15, 0.2) is 53.4 Å². The molecule has 0 atom stereocenters. The van der Waals surface area contributed by atoms with Crippen LogP contribution in [0.5, 0.6) is 5.75 Å². The molecule has 0 aliphatic carbocycles. The predicted molar refractivity (Wildman–Crippen MR) is 116 cm³/mol. The predicted octanol–water partition coefficient (Wildman–Crippen LogP) is 1.67. The Balaban J connectivity index is 1.42. The number of nitrogens with zero attached hydrogens (tertiary/aromatic N) is 2. The van der Waals surface area contributed by atoms with E-state index < -0.39 is 10.0 Å². The lowest BCUT2D eigenvalue weighted by molar-refractivity contribution is -0.120. The number of ether oxygens (including phenoxy) is 1. The molecular weight excluding hydrogens is 402 g/mol. The highest BCUT2D eigenvalue weighted by atomic mass is 32.2. The van der Waals surface area contributed by atoms with Crippen molar-refractivity contribution in [3.8, 4) is 5.75 Å². The summed E-state index contributed by atoms with van der Waals surface area (Å²) in [4.78, 5) is 14.6. The third-order valence-corrected chi connectivity index (χ3v) is 7.14. The second-order valence-corrected chi connectivity index (χ2v) is 9.37. The van der Waals surface area contributed by atoms with Crippen molar-refractivity contribution in [1.29, 1.82) is 0 Å². The first-order valence-electron chi connectivity index (χ1n) is 10.1. The Morgan fingerprint density at radius 1 is 1.07 bits per heavy atom. The fourth-order valence-corrected chi connectivity index (χ4v) is 4.94. The summed E-state index contributed by atoms with van der Waals surface area (Å²) in [5.74, 6) is 0.629. The summed E-state index contributed by atoms with van der Waals surface area (Å²) in [6.45, 7) is 5.42. The molecular formula is C22H29N3O4S. The van der Waals surface area contributed by atoms with Gasteiger partial charge in [0.2, 0.25) is 15.9 Å². The minimum absolute atomic E-state index is 0.00122. The van der Waals surface area contributed by atoms with Crippen LogP contribution in [-0.4, -0.2) is 69.9 Å². The van der Waals surface area contributed by atoms with E-state index in [1.807, 2.05) is 31.2 Å². The molecule has 8 heteroatoms. The number of hydrogen-bond donors (Lipinski definition) is 1. The standard InChI is InChI=1S/C22H29N3O4S/c1-18-4-3-5-19(16-18)17-22(26)23-10-11-24-12-14-25(15-13-24)30(27,28)21-8-6-20(29-2)7-9-21/h3-9,16H,10-15,17H2,1-2H3,(H,23,26). The van der Waals surface area contributed by atoms with Gasteiger partial charge in [-0.2, -0.15) is 4.31 Å². The fraction of sp³-hybridized carbons (Fsp3) is 0.409. The van der Waals surface area contributed by atoms with Gasteiger partial charge < -0.3 is 10.1 Å². The molecule has 1 fully saturated rings. The summed E-state index contributed by atoms with van der Waals surface area (Å²) in [6, 6.07) is 14.4. The molecule has 162 valence electrons. The van der Waals surface area contributed by atoms with Gasteiger partial charge in [0.1, 0.15) is 5.75 Å². The first-order chi connectivity index (χ1) is 14.4. The van der Waals surface area contributed by atoms with Crippen molar-refractivity contribution in [3.63, 3.8) is 0 Å². The summed E-state index contributed by atoms with van der Waals surface area (Å²) >= 11 is 0. The molecule has 2 aromatic rings. The molecule has 1 heterocycles. The number of nitrogens with one attached hydrogen (secondary N) is 1. The number of hydrogen-bond acceptors (Lipinski definition) is 5. The second-order valence-electron chi connectivity index (χ2n) is 7.44. The zero-order valence-corrected chi connectivity index (χ0v) is 18.3. The summed E-state index contributed by atoms with van der Waals surface area (Å²) in [5.41, 5.74) is 2.15. The maximum absolute atomic E-state index is 12.8. The van der Waals surface area contributed by atoms with Crippen LogP contribution in [0.3, 0.4) is 0 Å². The van der Waals surface area contributed by atoms with E-state index >= 15 is 0 Å². The van der Waals surface area contributed by atoms with Gasteiger partial charge in [-0.1, -0.05) is 29.8 Å². The minimum Gasteiger partial charge on any atom is -0.497 e. The first kappa shape index (κ1) is 22.3. The van der Waals surface area contributed by atoms with E-state index in [2.05, 4.69) is 10.2 Å². The number of aryl methyl sites for hydroxylation is 1. The van der Waals surface area contributed by atoms with Crippen molar-refractivity contribution in [3.05, 3.63) is 59.7 Å². The number of piperazine rings is 1. The highest BCUT2D eigenvalue weighted by Crippen LogP contribution is 2.20. The molecule has 2 aromatic carbocycles. The maximum Gasteiger partial charge on any atom is 0.243 e. The van der Waals surface area contributed by atoms with Gasteiger partial charge in [0.15, 0.2) is 0 Å². The van der Waals surface area contributed by atoms with E-state index in [0.29, 0.717) is 51.4 Å². The van der Waals surface area contributed by atoms with Crippen LogP contribution in [0.25, 0.3) is 0 Å². The Morgan fingerprint density at radius 3 is 2.40 bits per heavy atom. The van der Waals surface area contributed by atoms with Gasteiger partial charge in [0, 0.05) is 39.3 Å². The van der Waals surface area contributed by atoms with Crippen molar-refractivity contribution < 1.29 is 17.9 Å². The number of methoxy groups -OCH3 is 1. The average Bonchev–Trinajstić information content (AvgIpc) is 2.74. The van der Waals surface area contributed by atoms with Crippen molar-refractivity contribution in [2.45, 2.75) is 18.2 Å². The van der Waals surface area contributed by atoms with E-state index in [-0.39, 0.29) is 10.8 Å². The molecule has 1 amide bonds. The van der Waals surface area contributed by atoms with Gasteiger partial charge in [-0.25, -0.2) is 8.42 Å². The topological polar surface area (TPSA) is 79.0 Å². The van der Waals surface area contributed by atoms with Crippen molar-refractivity contribution in [1.82, 2.24) is 14.5 Å². The van der Waals surface area contributed by atoms with Gasteiger partial charge in [-0.15, -0.1) is 0 Å². The average molecular weight is 432 g/mol. The Kier molecular flexibility index (Phi) is 7.47. The van der Waals surface area contributed by atoms with Gasteiger partial charge in [-0.05, 0) is 36.8 Å². The normalized spacial score (nSPS) is 15.7.